The maximum Gasteiger partial charge on any atom is 0.225 e. The number of rotatable bonds is 5. The fraction of sp³-hybridized carbons (Fsp3) is 0.348. The molecule has 0 aliphatic heterocycles. The predicted molar refractivity (Wildman–Crippen MR) is 108 cm³/mol. The topological polar surface area (TPSA) is 56.3 Å². The number of fused-ring (bicyclic) bond motifs is 1. The maximum absolute atomic E-state index is 14.4. The van der Waals surface area contributed by atoms with Crippen molar-refractivity contribution in [3.05, 3.63) is 59.4 Å². The number of benzene rings is 2. The van der Waals surface area contributed by atoms with E-state index in [1.807, 2.05) is 0 Å². The van der Waals surface area contributed by atoms with Gasteiger partial charge in [0.1, 0.15) is 17.5 Å². The third-order valence-corrected chi connectivity index (χ3v) is 5.81. The van der Waals surface area contributed by atoms with Crippen LogP contribution in [0, 0.1) is 23.4 Å². The summed E-state index contributed by atoms with van der Waals surface area (Å²) in [5.74, 6) is -2.06. The van der Waals surface area contributed by atoms with E-state index in [0.717, 1.165) is 11.6 Å². The Morgan fingerprint density at radius 3 is 2.47 bits per heavy atom. The van der Waals surface area contributed by atoms with Gasteiger partial charge < -0.3 is 15.0 Å². The molecular formula is C23H23F3N2O2. The van der Waals surface area contributed by atoms with Crippen LogP contribution in [0.1, 0.15) is 31.2 Å². The summed E-state index contributed by atoms with van der Waals surface area (Å²) in [4.78, 5) is 17.1. The van der Waals surface area contributed by atoms with Gasteiger partial charge in [0, 0.05) is 31.0 Å². The van der Waals surface area contributed by atoms with E-state index in [9.17, 15) is 23.1 Å². The zero-order valence-corrected chi connectivity index (χ0v) is 16.8. The van der Waals surface area contributed by atoms with Crippen LogP contribution in [0.5, 0.6) is 0 Å². The minimum Gasteiger partial charge on any atom is -0.392 e. The van der Waals surface area contributed by atoms with Crippen LogP contribution in [0.15, 0.2) is 36.4 Å². The minimum absolute atomic E-state index is 0.0484. The summed E-state index contributed by atoms with van der Waals surface area (Å²) >= 11 is 0. The first-order valence-electron chi connectivity index (χ1n) is 9.94. The molecule has 0 bridgehead atoms. The molecule has 1 unspecified atom stereocenters. The molecule has 30 heavy (non-hydrogen) atoms. The van der Waals surface area contributed by atoms with Gasteiger partial charge in [0.15, 0.2) is 0 Å². The van der Waals surface area contributed by atoms with Gasteiger partial charge in [0.25, 0.3) is 0 Å². The number of likely N-dealkylation sites (N-methyl/N-ethyl adjacent to an activating group) is 1. The molecule has 2 N–H and O–H groups in total. The summed E-state index contributed by atoms with van der Waals surface area (Å²) in [6.45, 7) is 1.88. The van der Waals surface area contributed by atoms with Crippen molar-refractivity contribution in [1.82, 2.24) is 9.88 Å². The maximum atomic E-state index is 14.4. The standard InChI is InChI=1S/C23H23F3N2O2/c1-12(29)11-28(2)23(30)15-7-14(8-15)20-18-9-17(25)10-19(26)22(18)27-21(20)13-3-5-16(24)6-4-13/h3-6,9-10,12,14-15,27,29H,7-8,11H2,1-2H3. The van der Waals surface area contributed by atoms with Gasteiger partial charge in [-0.3, -0.25) is 4.79 Å². The van der Waals surface area contributed by atoms with Crippen LogP contribution in [-0.2, 0) is 4.79 Å². The Balaban J connectivity index is 1.69. The third kappa shape index (κ3) is 3.69. The Morgan fingerprint density at radius 1 is 1.17 bits per heavy atom. The van der Waals surface area contributed by atoms with Crippen LogP contribution in [0.2, 0.25) is 0 Å². The molecule has 1 aromatic heterocycles. The SMILES string of the molecule is CC(O)CN(C)C(=O)C1CC(c2c(-c3ccc(F)cc3)[nH]c3c(F)cc(F)cc23)C1. The van der Waals surface area contributed by atoms with Crippen molar-refractivity contribution in [3.8, 4) is 11.3 Å². The van der Waals surface area contributed by atoms with Gasteiger partial charge in [0.2, 0.25) is 5.91 Å². The van der Waals surface area contributed by atoms with Crippen LogP contribution in [0.4, 0.5) is 13.2 Å². The molecule has 0 saturated heterocycles. The molecule has 4 nitrogen and oxygen atoms in total. The zero-order valence-electron chi connectivity index (χ0n) is 16.8. The van der Waals surface area contributed by atoms with E-state index in [2.05, 4.69) is 4.98 Å². The number of amides is 1. The first kappa shape index (κ1) is 20.5. The van der Waals surface area contributed by atoms with Crippen molar-refractivity contribution in [2.45, 2.75) is 31.8 Å². The summed E-state index contributed by atoms with van der Waals surface area (Å²) in [7, 11) is 1.66. The number of aromatic nitrogens is 1. The molecule has 0 radical (unpaired) electrons. The molecule has 1 amide bonds. The Kier molecular flexibility index (Phi) is 5.32. The number of hydrogen-bond donors (Lipinski definition) is 2. The molecule has 1 aliphatic rings. The van der Waals surface area contributed by atoms with E-state index in [0.29, 0.717) is 29.5 Å². The van der Waals surface area contributed by atoms with E-state index in [-0.39, 0.29) is 35.6 Å². The van der Waals surface area contributed by atoms with Crippen LogP contribution in [0.3, 0.4) is 0 Å². The third-order valence-electron chi connectivity index (χ3n) is 5.81. The number of H-pyrrole nitrogens is 1. The van der Waals surface area contributed by atoms with Crippen molar-refractivity contribution in [2.24, 2.45) is 5.92 Å². The molecular weight excluding hydrogens is 393 g/mol. The average Bonchev–Trinajstić information content (AvgIpc) is 3.00. The summed E-state index contributed by atoms with van der Waals surface area (Å²) < 4.78 is 41.8. The highest BCUT2D eigenvalue weighted by molar-refractivity contribution is 5.92. The van der Waals surface area contributed by atoms with Gasteiger partial charge in [-0.15, -0.1) is 0 Å². The number of halogens is 3. The predicted octanol–water partition coefficient (Wildman–Crippen LogP) is 4.59. The number of aliphatic hydroxyl groups is 1. The number of hydrogen-bond acceptors (Lipinski definition) is 2. The largest absolute Gasteiger partial charge is 0.392 e. The molecule has 1 saturated carbocycles. The molecule has 1 atom stereocenters. The lowest BCUT2D eigenvalue weighted by Gasteiger charge is -2.37. The van der Waals surface area contributed by atoms with Crippen molar-refractivity contribution >= 4 is 16.8 Å². The number of carbonyl (C=O) groups is 1. The van der Waals surface area contributed by atoms with E-state index in [1.54, 1.807) is 26.1 Å². The number of carbonyl (C=O) groups excluding carboxylic acids is 1. The number of aromatic amines is 1. The minimum atomic E-state index is -0.691. The molecule has 0 spiro atoms. The molecule has 2 aromatic carbocycles. The molecule has 1 fully saturated rings. The first-order valence-corrected chi connectivity index (χ1v) is 9.94. The van der Waals surface area contributed by atoms with Gasteiger partial charge in [0.05, 0.1) is 17.3 Å². The van der Waals surface area contributed by atoms with Gasteiger partial charge in [-0.05, 0) is 67.1 Å². The Labute approximate surface area is 172 Å². The summed E-state index contributed by atoms with van der Waals surface area (Å²) in [5, 5.41) is 9.95. The normalized spacial score (nSPS) is 19.5. The van der Waals surface area contributed by atoms with Gasteiger partial charge in [-0.2, -0.15) is 0 Å². The van der Waals surface area contributed by atoms with Gasteiger partial charge in [-0.25, -0.2) is 13.2 Å². The average molecular weight is 416 g/mol. The number of aliphatic hydroxyl groups excluding tert-OH is 1. The van der Waals surface area contributed by atoms with Crippen molar-refractivity contribution in [1.29, 1.82) is 0 Å². The van der Waals surface area contributed by atoms with Crippen LogP contribution < -0.4 is 0 Å². The highest BCUT2D eigenvalue weighted by Crippen LogP contribution is 2.48. The molecule has 7 heteroatoms. The second-order valence-electron chi connectivity index (χ2n) is 8.16. The summed E-state index contributed by atoms with van der Waals surface area (Å²) in [6, 6.07) is 7.95. The highest BCUT2D eigenvalue weighted by Gasteiger charge is 2.39. The first-order chi connectivity index (χ1) is 14.2. The van der Waals surface area contributed by atoms with Crippen molar-refractivity contribution in [3.63, 3.8) is 0 Å². The van der Waals surface area contributed by atoms with Gasteiger partial charge >= 0.3 is 0 Å². The molecule has 1 heterocycles. The van der Waals surface area contributed by atoms with E-state index in [4.69, 9.17) is 0 Å². The second kappa shape index (κ2) is 7.80. The highest BCUT2D eigenvalue weighted by atomic mass is 19.1. The van der Waals surface area contributed by atoms with Crippen molar-refractivity contribution < 1.29 is 23.1 Å². The lowest BCUT2D eigenvalue weighted by molar-refractivity contribution is -0.138. The lowest BCUT2D eigenvalue weighted by Crippen LogP contribution is -2.41. The van der Waals surface area contributed by atoms with Crippen LogP contribution in [0.25, 0.3) is 22.2 Å². The molecule has 3 aromatic rings. The molecule has 4 rings (SSSR count). The van der Waals surface area contributed by atoms with Crippen LogP contribution >= 0.6 is 0 Å². The van der Waals surface area contributed by atoms with Gasteiger partial charge in [-0.1, -0.05) is 0 Å². The van der Waals surface area contributed by atoms with E-state index < -0.39 is 17.7 Å². The lowest BCUT2D eigenvalue weighted by atomic mass is 9.69. The van der Waals surface area contributed by atoms with Crippen LogP contribution in [-0.4, -0.2) is 40.6 Å². The fourth-order valence-electron chi connectivity index (χ4n) is 4.36. The second-order valence-corrected chi connectivity index (χ2v) is 8.16. The van der Waals surface area contributed by atoms with E-state index in [1.165, 1.54) is 23.1 Å². The number of nitrogens with zero attached hydrogens (tertiary/aromatic N) is 1. The summed E-state index contributed by atoms with van der Waals surface area (Å²) in [5.41, 5.74) is 2.23. The zero-order chi connectivity index (χ0) is 21.6. The van der Waals surface area contributed by atoms with E-state index >= 15 is 0 Å². The summed E-state index contributed by atoms with van der Waals surface area (Å²) in [6.07, 6.45) is 0.476. The molecule has 158 valence electrons. The quantitative estimate of drug-likeness (QED) is 0.640. The smallest absolute Gasteiger partial charge is 0.225 e. The monoisotopic (exact) mass is 416 g/mol. The Bertz CT molecular complexity index is 1090. The molecule has 1 aliphatic carbocycles. The fourth-order valence-corrected chi connectivity index (χ4v) is 4.36. The Hall–Kier alpha value is -2.80. The Morgan fingerprint density at radius 2 is 1.83 bits per heavy atom. The number of nitrogens with one attached hydrogen (secondary N) is 1. The van der Waals surface area contributed by atoms with Crippen molar-refractivity contribution in [2.75, 3.05) is 13.6 Å².